The topological polar surface area (TPSA) is 43.4 Å². The van der Waals surface area contributed by atoms with Gasteiger partial charge in [-0.2, -0.15) is 0 Å². The zero-order valence-corrected chi connectivity index (χ0v) is 12.4. The summed E-state index contributed by atoms with van der Waals surface area (Å²) in [7, 11) is 0. The van der Waals surface area contributed by atoms with Gasteiger partial charge >= 0.3 is 5.97 Å². The van der Waals surface area contributed by atoms with Crippen molar-refractivity contribution in [1.82, 2.24) is 0 Å². The number of ether oxygens (including phenoxy) is 1. The Labute approximate surface area is 122 Å². The number of carbonyl (C=O) groups is 2. The molecular formula is C14H14Cl2O3. The highest BCUT2D eigenvalue weighted by atomic mass is 35.5. The van der Waals surface area contributed by atoms with Crippen LogP contribution in [-0.4, -0.2) is 18.4 Å². The summed E-state index contributed by atoms with van der Waals surface area (Å²) in [5.74, 6) is -1.05. The number of carbonyl (C=O) groups excluding carboxylic acids is 2. The molecule has 1 aromatic rings. The summed E-state index contributed by atoms with van der Waals surface area (Å²) >= 11 is 11.7. The van der Waals surface area contributed by atoms with E-state index >= 15 is 0 Å². The van der Waals surface area contributed by atoms with Crippen molar-refractivity contribution in [1.29, 1.82) is 0 Å². The van der Waals surface area contributed by atoms with Gasteiger partial charge < -0.3 is 4.74 Å². The molecule has 1 aromatic carbocycles. The van der Waals surface area contributed by atoms with Crippen LogP contribution in [0, 0.1) is 0 Å². The van der Waals surface area contributed by atoms with E-state index in [-0.39, 0.29) is 17.2 Å². The van der Waals surface area contributed by atoms with Crippen molar-refractivity contribution < 1.29 is 14.3 Å². The summed E-state index contributed by atoms with van der Waals surface area (Å²) in [6.45, 7) is 5.26. The first kappa shape index (κ1) is 15.7. The van der Waals surface area contributed by atoms with Crippen LogP contribution in [-0.2, 0) is 9.53 Å². The Morgan fingerprint density at radius 1 is 1.16 bits per heavy atom. The Kier molecular flexibility index (Phi) is 5.58. The fraction of sp³-hybridized carbons (Fsp3) is 0.286. The number of hydrogen-bond acceptors (Lipinski definition) is 3. The molecule has 0 N–H and O–H groups in total. The van der Waals surface area contributed by atoms with Crippen molar-refractivity contribution >= 4 is 35.0 Å². The molecule has 0 aliphatic rings. The largest absolute Gasteiger partial charge is 0.462 e. The van der Waals surface area contributed by atoms with Crippen molar-refractivity contribution in [2.24, 2.45) is 0 Å². The van der Waals surface area contributed by atoms with Gasteiger partial charge in [0, 0.05) is 5.56 Å². The average Bonchev–Trinajstić information content (AvgIpc) is 2.32. The van der Waals surface area contributed by atoms with Crippen molar-refractivity contribution in [3.63, 3.8) is 0 Å². The third kappa shape index (κ3) is 3.82. The minimum absolute atomic E-state index is 0.0280. The van der Waals surface area contributed by atoms with E-state index in [1.807, 2.05) is 0 Å². The van der Waals surface area contributed by atoms with E-state index in [0.29, 0.717) is 16.2 Å². The average molecular weight is 301 g/mol. The number of allylic oxidation sites excluding steroid dienone is 1. The van der Waals surface area contributed by atoms with E-state index in [1.165, 1.54) is 18.2 Å². The van der Waals surface area contributed by atoms with Crippen LogP contribution in [0.25, 0.3) is 0 Å². The first-order valence-corrected chi connectivity index (χ1v) is 6.48. The number of Topliss-reactive ketones (excluding diaryl/α,β-unsaturated/α-hetero) is 1. The fourth-order valence-electron chi connectivity index (χ4n) is 1.51. The number of benzene rings is 1. The molecule has 0 saturated heterocycles. The van der Waals surface area contributed by atoms with Gasteiger partial charge in [-0.15, -0.1) is 0 Å². The van der Waals surface area contributed by atoms with Crippen molar-refractivity contribution in [2.45, 2.75) is 20.8 Å². The highest BCUT2D eigenvalue weighted by Crippen LogP contribution is 2.24. The van der Waals surface area contributed by atoms with E-state index < -0.39 is 11.8 Å². The Bertz CT molecular complexity index is 544. The zero-order chi connectivity index (χ0) is 14.6. The molecule has 3 nitrogen and oxygen atoms in total. The first-order chi connectivity index (χ1) is 8.88. The van der Waals surface area contributed by atoms with Crippen LogP contribution in [0.5, 0.6) is 0 Å². The SMILES string of the molecule is CCOC(=O)C(C(=O)c1ccc(Cl)c(Cl)c1)=C(C)C. The van der Waals surface area contributed by atoms with Gasteiger partial charge in [-0.1, -0.05) is 28.8 Å². The number of esters is 1. The van der Waals surface area contributed by atoms with Crippen LogP contribution in [0.15, 0.2) is 29.3 Å². The van der Waals surface area contributed by atoms with Crippen LogP contribution in [0.1, 0.15) is 31.1 Å². The van der Waals surface area contributed by atoms with E-state index in [0.717, 1.165) is 0 Å². The number of ketones is 1. The monoisotopic (exact) mass is 300 g/mol. The number of hydrogen-bond donors (Lipinski definition) is 0. The Hall–Kier alpha value is -1.32. The molecule has 0 radical (unpaired) electrons. The lowest BCUT2D eigenvalue weighted by Gasteiger charge is -2.09. The lowest BCUT2D eigenvalue weighted by atomic mass is 10.00. The summed E-state index contributed by atoms with van der Waals surface area (Å²) in [4.78, 5) is 24.1. The van der Waals surface area contributed by atoms with Gasteiger partial charge in [-0.25, -0.2) is 4.79 Å². The maximum Gasteiger partial charge on any atom is 0.342 e. The standard InChI is InChI=1S/C14H14Cl2O3/c1-4-19-14(18)12(8(2)3)13(17)9-5-6-10(15)11(16)7-9/h5-7H,4H2,1-3H3. The molecule has 0 aliphatic heterocycles. The normalized spacial score (nSPS) is 9.95. The number of halogens is 2. The van der Waals surface area contributed by atoms with Gasteiger partial charge in [0.15, 0.2) is 5.78 Å². The number of rotatable bonds is 4. The van der Waals surface area contributed by atoms with E-state index in [4.69, 9.17) is 27.9 Å². The molecule has 1 rings (SSSR count). The molecule has 5 heteroatoms. The maximum atomic E-state index is 12.3. The van der Waals surface area contributed by atoms with Gasteiger partial charge in [0.05, 0.1) is 16.7 Å². The van der Waals surface area contributed by atoms with E-state index in [2.05, 4.69) is 0 Å². The van der Waals surface area contributed by atoms with Gasteiger partial charge in [0.25, 0.3) is 0 Å². The lowest BCUT2D eigenvalue weighted by molar-refractivity contribution is -0.138. The van der Waals surface area contributed by atoms with Crippen molar-refractivity contribution in [3.8, 4) is 0 Å². The first-order valence-electron chi connectivity index (χ1n) is 5.72. The molecule has 0 spiro atoms. The minimum Gasteiger partial charge on any atom is -0.462 e. The van der Waals surface area contributed by atoms with Crippen LogP contribution in [0.2, 0.25) is 10.0 Å². The third-order valence-electron chi connectivity index (χ3n) is 2.39. The summed E-state index contributed by atoms with van der Waals surface area (Å²) in [5, 5.41) is 0.623. The molecule has 0 saturated carbocycles. The predicted molar refractivity (Wildman–Crippen MR) is 75.8 cm³/mol. The summed E-state index contributed by atoms with van der Waals surface area (Å²) in [6.07, 6.45) is 0. The molecule has 0 heterocycles. The highest BCUT2D eigenvalue weighted by molar-refractivity contribution is 6.42. The minimum atomic E-state index is -0.626. The maximum absolute atomic E-state index is 12.3. The molecule has 0 bridgehead atoms. The van der Waals surface area contributed by atoms with Crippen LogP contribution in [0.3, 0.4) is 0 Å². The molecule has 0 aliphatic carbocycles. The molecule has 0 aromatic heterocycles. The summed E-state index contributed by atoms with van der Waals surface area (Å²) < 4.78 is 4.89. The molecule has 102 valence electrons. The molecule has 0 unspecified atom stereocenters. The lowest BCUT2D eigenvalue weighted by Crippen LogP contribution is -2.17. The van der Waals surface area contributed by atoms with Gasteiger partial charge in [0.1, 0.15) is 5.57 Å². The Morgan fingerprint density at radius 2 is 1.79 bits per heavy atom. The second-order valence-corrected chi connectivity index (χ2v) is 4.87. The van der Waals surface area contributed by atoms with Crippen molar-refractivity contribution in [3.05, 3.63) is 45.0 Å². The Morgan fingerprint density at radius 3 is 2.26 bits per heavy atom. The predicted octanol–water partition coefficient (Wildman–Crippen LogP) is 4.08. The van der Waals surface area contributed by atoms with Crippen LogP contribution >= 0.6 is 23.2 Å². The van der Waals surface area contributed by atoms with Crippen molar-refractivity contribution in [2.75, 3.05) is 6.61 Å². The van der Waals surface area contributed by atoms with Crippen LogP contribution < -0.4 is 0 Å². The van der Waals surface area contributed by atoms with E-state index in [1.54, 1.807) is 20.8 Å². The molecule has 0 atom stereocenters. The van der Waals surface area contributed by atoms with Gasteiger partial charge in [-0.3, -0.25) is 4.79 Å². The summed E-state index contributed by atoms with van der Waals surface area (Å²) in [6, 6.07) is 4.48. The second-order valence-electron chi connectivity index (χ2n) is 4.05. The molecular weight excluding hydrogens is 287 g/mol. The molecule has 0 amide bonds. The van der Waals surface area contributed by atoms with E-state index in [9.17, 15) is 9.59 Å². The fourth-order valence-corrected chi connectivity index (χ4v) is 1.81. The van der Waals surface area contributed by atoms with Gasteiger partial charge in [-0.05, 0) is 39.0 Å². The Balaban J connectivity index is 3.18. The molecule has 19 heavy (non-hydrogen) atoms. The summed E-state index contributed by atoms with van der Waals surface area (Å²) in [5.41, 5.74) is 0.924. The smallest absolute Gasteiger partial charge is 0.342 e. The van der Waals surface area contributed by atoms with Gasteiger partial charge in [0.2, 0.25) is 0 Å². The molecule has 0 fully saturated rings. The quantitative estimate of drug-likeness (QED) is 0.277. The highest BCUT2D eigenvalue weighted by Gasteiger charge is 2.22. The third-order valence-corrected chi connectivity index (χ3v) is 3.13. The second kappa shape index (κ2) is 6.73. The zero-order valence-electron chi connectivity index (χ0n) is 10.9. The van der Waals surface area contributed by atoms with Crippen LogP contribution in [0.4, 0.5) is 0 Å².